The van der Waals surface area contributed by atoms with Crippen LogP contribution in [0.15, 0.2) is 0 Å². The summed E-state index contributed by atoms with van der Waals surface area (Å²) in [5.41, 5.74) is 6.36. The first-order chi connectivity index (χ1) is 8.16. The molecular formula is C13H27N3S. The largest absolute Gasteiger partial charge is 0.329 e. The van der Waals surface area contributed by atoms with Crippen molar-refractivity contribution in [1.29, 1.82) is 0 Å². The van der Waals surface area contributed by atoms with Crippen LogP contribution < -0.4 is 5.73 Å². The molecule has 2 rings (SSSR count). The predicted molar refractivity (Wildman–Crippen MR) is 76.6 cm³/mol. The normalized spacial score (nSPS) is 35.6. The first kappa shape index (κ1) is 13.7. The van der Waals surface area contributed by atoms with E-state index in [1.807, 2.05) is 0 Å². The minimum atomic E-state index is 0.282. The third-order valence-electron chi connectivity index (χ3n) is 4.51. The van der Waals surface area contributed by atoms with Crippen LogP contribution >= 0.6 is 11.8 Å². The molecule has 2 atom stereocenters. The van der Waals surface area contributed by atoms with Gasteiger partial charge in [0.25, 0.3) is 0 Å². The average Bonchev–Trinajstić information content (AvgIpc) is 2.75. The molecule has 0 aromatic rings. The van der Waals surface area contributed by atoms with Gasteiger partial charge < -0.3 is 10.6 Å². The molecule has 4 heteroatoms. The van der Waals surface area contributed by atoms with Gasteiger partial charge in [0, 0.05) is 30.9 Å². The molecule has 0 radical (unpaired) electrons. The minimum Gasteiger partial charge on any atom is -0.329 e. The lowest BCUT2D eigenvalue weighted by atomic mass is 9.92. The summed E-state index contributed by atoms with van der Waals surface area (Å²) < 4.78 is 0. The van der Waals surface area contributed by atoms with E-state index >= 15 is 0 Å². The number of hydrogen-bond donors (Lipinski definition) is 1. The Hall–Kier alpha value is 0.230. The zero-order valence-corrected chi connectivity index (χ0v) is 12.1. The summed E-state index contributed by atoms with van der Waals surface area (Å²) in [6.45, 7) is 4.57. The second kappa shape index (κ2) is 5.91. The Bertz CT molecular complexity index is 241. The smallest absolute Gasteiger partial charge is 0.0419 e. The zero-order valence-electron chi connectivity index (χ0n) is 11.3. The van der Waals surface area contributed by atoms with Gasteiger partial charge in [-0.3, -0.25) is 4.90 Å². The van der Waals surface area contributed by atoms with Gasteiger partial charge in [-0.2, -0.15) is 11.8 Å². The molecule has 0 spiro atoms. The molecule has 3 nitrogen and oxygen atoms in total. The SMILES string of the molecule is CN1CCC(CN(C)C2(CN)CCCSC2)C1. The fourth-order valence-electron chi connectivity index (χ4n) is 3.21. The Labute approximate surface area is 110 Å². The Morgan fingerprint density at radius 1 is 1.53 bits per heavy atom. The van der Waals surface area contributed by atoms with Crippen molar-refractivity contribution in [1.82, 2.24) is 9.80 Å². The number of rotatable bonds is 4. The number of likely N-dealkylation sites (tertiary alicyclic amines) is 1. The van der Waals surface area contributed by atoms with Gasteiger partial charge in [0.05, 0.1) is 0 Å². The van der Waals surface area contributed by atoms with Crippen LogP contribution in [0.2, 0.25) is 0 Å². The van der Waals surface area contributed by atoms with Crippen molar-refractivity contribution in [2.45, 2.75) is 24.8 Å². The van der Waals surface area contributed by atoms with E-state index in [2.05, 4.69) is 35.7 Å². The Kier molecular flexibility index (Phi) is 4.75. The molecule has 2 aliphatic rings. The van der Waals surface area contributed by atoms with E-state index in [0.29, 0.717) is 0 Å². The molecule has 0 saturated carbocycles. The summed E-state index contributed by atoms with van der Waals surface area (Å²) in [5, 5.41) is 0. The van der Waals surface area contributed by atoms with Gasteiger partial charge in [-0.25, -0.2) is 0 Å². The third kappa shape index (κ3) is 3.16. The van der Waals surface area contributed by atoms with E-state index in [9.17, 15) is 0 Å². The molecule has 2 saturated heterocycles. The van der Waals surface area contributed by atoms with E-state index < -0.39 is 0 Å². The Morgan fingerprint density at radius 2 is 2.35 bits per heavy atom. The monoisotopic (exact) mass is 257 g/mol. The number of thioether (sulfide) groups is 1. The second-order valence-electron chi connectivity index (χ2n) is 5.88. The van der Waals surface area contributed by atoms with Gasteiger partial charge in [0.1, 0.15) is 0 Å². The Balaban J connectivity index is 1.90. The molecule has 17 heavy (non-hydrogen) atoms. The van der Waals surface area contributed by atoms with E-state index in [0.717, 1.165) is 12.5 Å². The number of nitrogens with zero attached hydrogens (tertiary/aromatic N) is 2. The summed E-state index contributed by atoms with van der Waals surface area (Å²) in [5.74, 6) is 3.39. The van der Waals surface area contributed by atoms with Crippen molar-refractivity contribution < 1.29 is 0 Å². The van der Waals surface area contributed by atoms with Crippen LogP contribution in [0.25, 0.3) is 0 Å². The van der Waals surface area contributed by atoms with Crippen molar-refractivity contribution in [3.63, 3.8) is 0 Å². The maximum absolute atomic E-state index is 6.08. The van der Waals surface area contributed by atoms with Gasteiger partial charge in [-0.15, -0.1) is 0 Å². The van der Waals surface area contributed by atoms with Gasteiger partial charge in [0.15, 0.2) is 0 Å². The van der Waals surface area contributed by atoms with Crippen molar-refractivity contribution in [2.75, 3.05) is 51.8 Å². The summed E-state index contributed by atoms with van der Waals surface area (Å²) in [4.78, 5) is 5.02. The lowest BCUT2D eigenvalue weighted by Crippen LogP contribution is -2.56. The molecule has 0 amide bonds. The molecule has 100 valence electrons. The molecule has 0 aromatic carbocycles. The molecule has 0 aliphatic carbocycles. The summed E-state index contributed by atoms with van der Waals surface area (Å²) >= 11 is 2.08. The van der Waals surface area contributed by atoms with Gasteiger partial charge in [0.2, 0.25) is 0 Å². The molecule has 2 fully saturated rings. The number of likely N-dealkylation sites (N-methyl/N-ethyl adjacent to an activating group) is 1. The Morgan fingerprint density at radius 3 is 2.88 bits per heavy atom. The van der Waals surface area contributed by atoms with Crippen molar-refractivity contribution in [3.05, 3.63) is 0 Å². The van der Waals surface area contributed by atoms with E-state index in [4.69, 9.17) is 5.73 Å². The van der Waals surface area contributed by atoms with Gasteiger partial charge >= 0.3 is 0 Å². The number of nitrogens with two attached hydrogens (primary N) is 1. The van der Waals surface area contributed by atoms with Crippen LogP contribution in [0.5, 0.6) is 0 Å². The molecule has 2 unspecified atom stereocenters. The van der Waals surface area contributed by atoms with Crippen molar-refractivity contribution in [2.24, 2.45) is 11.7 Å². The van der Waals surface area contributed by atoms with Crippen molar-refractivity contribution >= 4 is 11.8 Å². The maximum atomic E-state index is 6.08. The molecular weight excluding hydrogens is 230 g/mol. The molecule has 0 aromatic heterocycles. The highest BCUT2D eigenvalue weighted by Gasteiger charge is 2.36. The fraction of sp³-hybridized carbons (Fsp3) is 1.00. The molecule has 2 heterocycles. The minimum absolute atomic E-state index is 0.282. The molecule has 0 bridgehead atoms. The molecule has 2 aliphatic heterocycles. The van der Waals surface area contributed by atoms with Crippen molar-refractivity contribution in [3.8, 4) is 0 Å². The lowest BCUT2D eigenvalue weighted by molar-refractivity contribution is 0.115. The van der Waals surface area contributed by atoms with E-state index in [-0.39, 0.29) is 5.54 Å². The summed E-state index contributed by atoms with van der Waals surface area (Å²) in [6, 6.07) is 0. The topological polar surface area (TPSA) is 32.5 Å². The first-order valence-corrected chi connectivity index (χ1v) is 7.99. The van der Waals surface area contributed by atoms with E-state index in [1.165, 1.54) is 50.4 Å². The van der Waals surface area contributed by atoms with Crippen LogP contribution in [0, 0.1) is 5.92 Å². The van der Waals surface area contributed by atoms with E-state index in [1.54, 1.807) is 0 Å². The quantitative estimate of drug-likeness (QED) is 0.817. The van der Waals surface area contributed by atoms with Crippen LogP contribution in [0.4, 0.5) is 0 Å². The number of hydrogen-bond acceptors (Lipinski definition) is 4. The lowest BCUT2D eigenvalue weighted by Gasteiger charge is -2.44. The predicted octanol–water partition coefficient (Wildman–Crippen LogP) is 1.09. The summed E-state index contributed by atoms with van der Waals surface area (Å²) in [7, 11) is 4.52. The van der Waals surface area contributed by atoms with Gasteiger partial charge in [-0.05, 0) is 51.6 Å². The third-order valence-corrected chi connectivity index (χ3v) is 5.83. The highest BCUT2D eigenvalue weighted by Crippen LogP contribution is 2.31. The first-order valence-electron chi connectivity index (χ1n) is 6.84. The van der Waals surface area contributed by atoms with Gasteiger partial charge in [-0.1, -0.05) is 0 Å². The van der Waals surface area contributed by atoms with Crippen LogP contribution in [-0.4, -0.2) is 67.1 Å². The zero-order chi connectivity index (χ0) is 12.3. The average molecular weight is 257 g/mol. The highest BCUT2D eigenvalue weighted by molar-refractivity contribution is 7.99. The van der Waals surface area contributed by atoms with Crippen LogP contribution in [0.3, 0.4) is 0 Å². The van der Waals surface area contributed by atoms with Crippen LogP contribution in [-0.2, 0) is 0 Å². The standard InChI is InChI=1S/C13H27N3S/c1-15-6-4-12(8-15)9-16(2)13(10-14)5-3-7-17-11-13/h12H,3-11,14H2,1-2H3. The molecule has 2 N–H and O–H groups in total. The highest BCUT2D eigenvalue weighted by atomic mass is 32.2. The second-order valence-corrected chi connectivity index (χ2v) is 6.99. The maximum Gasteiger partial charge on any atom is 0.0419 e. The summed E-state index contributed by atoms with van der Waals surface area (Å²) in [6.07, 6.45) is 3.97. The fourth-order valence-corrected chi connectivity index (χ4v) is 4.57. The van der Waals surface area contributed by atoms with Crippen LogP contribution in [0.1, 0.15) is 19.3 Å².